The van der Waals surface area contributed by atoms with Gasteiger partial charge in [-0.3, -0.25) is 4.90 Å². The van der Waals surface area contributed by atoms with Gasteiger partial charge in [-0.25, -0.2) is 0 Å². The Hall–Kier alpha value is -0.340. The number of hydrogen-bond donors (Lipinski definition) is 1. The van der Waals surface area contributed by atoms with E-state index in [1.165, 1.54) is 26.2 Å². The molecule has 2 fully saturated rings. The minimum absolute atomic E-state index is 0.940. The van der Waals surface area contributed by atoms with Gasteiger partial charge in [0.15, 0.2) is 0 Å². The van der Waals surface area contributed by atoms with Gasteiger partial charge in [0, 0.05) is 19.6 Å². The minimum Gasteiger partial charge on any atom is -0.316 e. The zero-order valence-corrected chi connectivity index (χ0v) is 7.79. The van der Waals surface area contributed by atoms with Crippen molar-refractivity contribution in [3.8, 4) is 0 Å². The van der Waals surface area contributed by atoms with E-state index in [4.69, 9.17) is 0 Å². The molecule has 2 aliphatic heterocycles. The molecule has 0 saturated carbocycles. The molecule has 2 atom stereocenters. The third-order valence-corrected chi connectivity index (χ3v) is 3.06. The predicted octanol–water partition coefficient (Wildman–Crippen LogP) is 0.714. The molecule has 12 heavy (non-hydrogen) atoms. The number of allylic oxidation sites excluding steroid dienone is 1. The van der Waals surface area contributed by atoms with Crippen molar-refractivity contribution in [2.75, 3.05) is 32.7 Å². The summed E-state index contributed by atoms with van der Waals surface area (Å²) in [5.41, 5.74) is 0. The summed E-state index contributed by atoms with van der Waals surface area (Å²) >= 11 is 0. The van der Waals surface area contributed by atoms with Crippen LogP contribution >= 0.6 is 0 Å². The smallest absolute Gasteiger partial charge is 0.0163 e. The molecule has 0 radical (unpaired) electrons. The van der Waals surface area contributed by atoms with Crippen LogP contribution in [0.2, 0.25) is 0 Å². The Morgan fingerprint density at radius 1 is 1.33 bits per heavy atom. The predicted molar refractivity (Wildman–Crippen MR) is 51.1 cm³/mol. The quantitative estimate of drug-likeness (QED) is 0.608. The Labute approximate surface area is 74.6 Å². The molecule has 0 bridgehead atoms. The lowest BCUT2D eigenvalue weighted by molar-refractivity contribution is 0.346. The molecule has 2 heterocycles. The summed E-state index contributed by atoms with van der Waals surface area (Å²) in [6.45, 7) is 8.36. The van der Waals surface area contributed by atoms with Crippen molar-refractivity contribution in [2.24, 2.45) is 11.8 Å². The summed E-state index contributed by atoms with van der Waals surface area (Å²) in [4.78, 5) is 2.57. The zero-order chi connectivity index (χ0) is 8.39. The normalized spacial score (nSPS) is 36.4. The lowest BCUT2D eigenvalue weighted by Gasteiger charge is -2.13. The van der Waals surface area contributed by atoms with Crippen LogP contribution in [0.3, 0.4) is 0 Å². The van der Waals surface area contributed by atoms with E-state index in [1.54, 1.807) is 0 Å². The van der Waals surface area contributed by atoms with E-state index in [0.29, 0.717) is 0 Å². The maximum Gasteiger partial charge on any atom is 0.0163 e. The van der Waals surface area contributed by atoms with E-state index < -0.39 is 0 Å². The third-order valence-electron chi connectivity index (χ3n) is 3.06. The summed E-state index contributed by atoms with van der Waals surface area (Å²) in [7, 11) is 0. The lowest BCUT2D eigenvalue weighted by atomic mass is 10.0. The molecule has 0 spiro atoms. The van der Waals surface area contributed by atoms with Crippen molar-refractivity contribution in [1.29, 1.82) is 0 Å². The van der Waals surface area contributed by atoms with Crippen LogP contribution in [0.1, 0.15) is 6.92 Å². The number of likely N-dealkylation sites (tertiary alicyclic amines) is 1. The highest BCUT2D eigenvalue weighted by atomic mass is 15.2. The topological polar surface area (TPSA) is 15.3 Å². The van der Waals surface area contributed by atoms with Gasteiger partial charge < -0.3 is 5.32 Å². The van der Waals surface area contributed by atoms with E-state index in [2.05, 4.69) is 29.3 Å². The second kappa shape index (κ2) is 3.58. The number of fused-ring (bicyclic) bond motifs is 1. The molecule has 1 N–H and O–H groups in total. The van der Waals surface area contributed by atoms with Crippen LogP contribution in [-0.4, -0.2) is 37.6 Å². The van der Waals surface area contributed by atoms with Crippen molar-refractivity contribution >= 4 is 0 Å². The van der Waals surface area contributed by atoms with Gasteiger partial charge in [0.05, 0.1) is 0 Å². The first kappa shape index (κ1) is 8.27. The van der Waals surface area contributed by atoms with Gasteiger partial charge in [-0.05, 0) is 31.8 Å². The molecule has 2 rings (SSSR count). The Balaban J connectivity index is 1.82. The molecule has 2 saturated heterocycles. The molecule has 0 unspecified atom stereocenters. The molecular formula is C10H18N2. The van der Waals surface area contributed by atoms with Crippen LogP contribution in [0.15, 0.2) is 12.2 Å². The fourth-order valence-corrected chi connectivity index (χ4v) is 2.36. The van der Waals surface area contributed by atoms with E-state index in [1.807, 2.05) is 0 Å². The van der Waals surface area contributed by atoms with Crippen molar-refractivity contribution in [1.82, 2.24) is 10.2 Å². The zero-order valence-electron chi connectivity index (χ0n) is 7.79. The highest BCUT2D eigenvalue weighted by molar-refractivity contribution is 4.93. The maximum atomic E-state index is 3.46. The third kappa shape index (κ3) is 1.54. The van der Waals surface area contributed by atoms with Crippen molar-refractivity contribution in [2.45, 2.75) is 6.92 Å². The van der Waals surface area contributed by atoms with Gasteiger partial charge in [-0.2, -0.15) is 0 Å². The van der Waals surface area contributed by atoms with Crippen molar-refractivity contribution in [3.05, 3.63) is 12.2 Å². The van der Waals surface area contributed by atoms with E-state index >= 15 is 0 Å². The first-order chi connectivity index (χ1) is 5.90. The minimum atomic E-state index is 0.940. The number of nitrogens with one attached hydrogen (secondary N) is 1. The molecule has 0 aromatic heterocycles. The number of nitrogens with zero attached hydrogens (tertiary/aromatic N) is 1. The Bertz CT molecular complexity index is 165. The van der Waals surface area contributed by atoms with Crippen LogP contribution in [0.4, 0.5) is 0 Å². The van der Waals surface area contributed by atoms with Gasteiger partial charge in [0.1, 0.15) is 0 Å². The largest absolute Gasteiger partial charge is 0.316 e. The second-order valence-electron chi connectivity index (χ2n) is 3.97. The van der Waals surface area contributed by atoms with Gasteiger partial charge in [0.2, 0.25) is 0 Å². The van der Waals surface area contributed by atoms with Gasteiger partial charge in [-0.15, -0.1) is 0 Å². The fourth-order valence-electron chi connectivity index (χ4n) is 2.36. The Morgan fingerprint density at radius 3 is 2.58 bits per heavy atom. The monoisotopic (exact) mass is 166 g/mol. The molecule has 68 valence electrons. The lowest BCUT2D eigenvalue weighted by Crippen LogP contribution is -2.25. The van der Waals surface area contributed by atoms with Crippen molar-refractivity contribution < 1.29 is 0 Å². The average Bonchev–Trinajstić information content (AvgIpc) is 2.58. The Morgan fingerprint density at radius 2 is 2.00 bits per heavy atom. The first-order valence-electron chi connectivity index (χ1n) is 4.94. The summed E-state index contributed by atoms with van der Waals surface area (Å²) in [5.74, 6) is 1.88. The van der Waals surface area contributed by atoms with Gasteiger partial charge >= 0.3 is 0 Å². The van der Waals surface area contributed by atoms with Gasteiger partial charge in [0.25, 0.3) is 0 Å². The van der Waals surface area contributed by atoms with Crippen LogP contribution < -0.4 is 5.32 Å². The molecule has 0 amide bonds. The van der Waals surface area contributed by atoms with Crippen LogP contribution in [0, 0.1) is 11.8 Å². The standard InChI is InChI=1S/C10H18N2/c1-2-3-4-12-7-9-5-11-6-10(9)8-12/h2-3,9-11H,4-8H2,1H3/b3-2+/t9-,10+. The number of rotatable bonds is 2. The van der Waals surface area contributed by atoms with Crippen LogP contribution in [0.5, 0.6) is 0 Å². The van der Waals surface area contributed by atoms with E-state index in [0.717, 1.165) is 18.4 Å². The second-order valence-corrected chi connectivity index (χ2v) is 3.97. The highest BCUT2D eigenvalue weighted by Crippen LogP contribution is 2.25. The SMILES string of the molecule is C/C=C/CN1C[C@H]2CNC[C@H]2C1. The molecule has 2 heteroatoms. The fraction of sp³-hybridized carbons (Fsp3) is 0.800. The molecule has 0 aliphatic carbocycles. The molecule has 0 aromatic rings. The Kier molecular flexibility index (Phi) is 2.47. The molecular weight excluding hydrogens is 148 g/mol. The van der Waals surface area contributed by atoms with Crippen molar-refractivity contribution in [3.63, 3.8) is 0 Å². The number of hydrogen-bond acceptors (Lipinski definition) is 2. The summed E-state index contributed by atoms with van der Waals surface area (Å²) < 4.78 is 0. The average molecular weight is 166 g/mol. The van der Waals surface area contributed by atoms with E-state index in [9.17, 15) is 0 Å². The summed E-state index contributed by atoms with van der Waals surface area (Å²) in [6.07, 6.45) is 4.40. The summed E-state index contributed by atoms with van der Waals surface area (Å²) in [6, 6.07) is 0. The first-order valence-corrected chi connectivity index (χ1v) is 4.94. The van der Waals surface area contributed by atoms with Crippen LogP contribution in [0.25, 0.3) is 0 Å². The maximum absolute atomic E-state index is 3.46. The van der Waals surface area contributed by atoms with Gasteiger partial charge in [-0.1, -0.05) is 12.2 Å². The summed E-state index contributed by atoms with van der Waals surface area (Å²) in [5, 5.41) is 3.46. The molecule has 2 nitrogen and oxygen atoms in total. The van der Waals surface area contributed by atoms with Crippen LogP contribution in [-0.2, 0) is 0 Å². The van der Waals surface area contributed by atoms with E-state index in [-0.39, 0.29) is 0 Å². The molecule has 2 aliphatic rings. The highest BCUT2D eigenvalue weighted by Gasteiger charge is 2.35. The molecule has 0 aromatic carbocycles.